The number of nitrogens with zero attached hydrogens (tertiary/aromatic N) is 5. The molecule has 3 aromatic heterocycles. The minimum Gasteiger partial charge on any atom is -0.508 e. The summed E-state index contributed by atoms with van der Waals surface area (Å²) in [5, 5.41) is 22.4. The summed E-state index contributed by atoms with van der Waals surface area (Å²) in [4.78, 5) is 34.4. The van der Waals surface area contributed by atoms with Gasteiger partial charge in [0.25, 0.3) is 5.56 Å². The van der Waals surface area contributed by atoms with Gasteiger partial charge < -0.3 is 14.8 Å². The summed E-state index contributed by atoms with van der Waals surface area (Å²) in [7, 11) is 0. The molecular formula is C16H12N6O4. The molecule has 10 nitrogen and oxygen atoms in total. The Morgan fingerprint density at radius 1 is 1.31 bits per heavy atom. The molecule has 0 aliphatic carbocycles. The first-order valence-corrected chi connectivity index (χ1v) is 7.52. The van der Waals surface area contributed by atoms with Gasteiger partial charge in [0.05, 0.1) is 18.1 Å². The van der Waals surface area contributed by atoms with Crippen LogP contribution in [0.15, 0.2) is 47.8 Å². The molecule has 26 heavy (non-hydrogen) atoms. The summed E-state index contributed by atoms with van der Waals surface area (Å²) in [6.07, 6.45) is 3.88. The van der Waals surface area contributed by atoms with Crippen molar-refractivity contribution in [1.29, 1.82) is 0 Å². The van der Waals surface area contributed by atoms with Crippen LogP contribution in [0.25, 0.3) is 17.1 Å². The number of phenols is 1. The van der Waals surface area contributed by atoms with Crippen LogP contribution in [0.3, 0.4) is 0 Å². The van der Waals surface area contributed by atoms with Crippen LogP contribution in [0.4, 0.5) is 0 Å². The predicted molar refractivity (Wildman–Crippen MR) is 89.4 cm³/mol. The van der Waals surface area contributed by atoms with Crippen LogP contribution >= 0.6 is 0 Å². The van der Waals surface area contributed by atoms with Crippen molar-refractivity contribution in [2.75, 3.05) is 0 Å². The molecule has 1 aromatic carbocycles. The molecule has 0 atom stereocenters. The monoisotopic (exact) mass is 352 g/mol. The van der Waals surface area contributed by atoms with Gasteiger partial charge in [-0.15, -0.1) is 0 Å². The maximum Gasteiger partial charge on any atom is 0.338 e. The van der Waals surface area contributed by atoms with Crippen molar-refractivity contribution in [3.8, 4) is 11.7 Å². The molecule has 0 aliphatic heterocycles. The van der Waals surface area contributed by atoms with Gasteiger partial charge in [-0.25, -0.2) is 14.5 Å². The third kappa shape index (κ3) is 2.69. The minimum absolute atomic E-state index is 0.0258. The third-order valence-electron chi connectivity index (χ3n) is 3.78. The molecule has 0 bridgehead atoms. The number of hydrogen-bond donors (Lipinski definition) is 3. The Labute approximate surface area is 145 Å². The van der Waals surface area contributed by atoms with Crippen LogP contribution in [-0.4, -0.2) is 45.5 Å². The number of aromatic nitrogens is 6. The van der Waals surface area contributed by atoms with Crippen molar-refractivity contribution in [3.05, 3.63) is 64.5 Å². The molecule has 0 aliphatic rings. The maximum absolute atomic E-state index is 12.5. The highest BCUT2D eigenvalue weighted by Gasteiger charge is 2.14. The standard InChI is InChI=1S/C16H12N6O4/c23-11-3-1-2-9(4-11)6-21-8-17-13-12(21)14(24)20-16(19-13)22-7-10(5-18-22)15(25)26/h1-5,7-8,23H,6H2,(H,25,26)(H,19,20,24). The molecule has 130 valence electrons. The highest BCUT2D eigenvalue weighted by molar-refractivity contribution is 5.86. The lowest BCUT2D eigenvalue weighted by atomic mass is 10.2. The fraction of sp³-hybridized carbons (Fsp3) is 0.0625. The maximum atomic E-state index is 12.5. The van der Waals surface area contributed by atoms with Crippen molar-refractivity contribution in [3.63, 3.8) is 0 Å². The number of carbonyl (C=O) groups is 1. The second-order valence-electron chi connectivity index (χ2n) is 5.58. The summed E-state index contributed by atoms with van der Waals surface area (Å²) < 4.78 is 2.78. The second kappa shape index (κ2) is 5.84. The summed E-state index contributed by atoms with van der Waals surface area (Å²) in [6.45, 7) is 0.333. The van der Waals surface area contributed by atoms with E-state index in [1.807, 2.05) is 6.07 Å². The molecule has 0 saturated carbocycles. The summed E-state index contributed by atoms with van der Waals surface area (Å²) in [5.74, 6) is -0.929. The van der Waals surface area contributed by atoms with Gasteiger partial charge in [0.15, 0.2) is 11.2 Å². The Hall–Kier alpha value is -3.95. The Balaban J connectivity index is 1.75. The molecule has 4 aromatic rings. The Morgan fingerprint density at radius 3 is 2.88 bits per heavy atom. The first-order chi connectivity index (χ1) is 12.5. The third-order valence-corrected chi connectivity index (χ3v) is 3.78. The molecule has 3 N–H and O–H groups in total. The largest absolute Gasteiger partial charge is 0.508 e. The quantitative estimate of drug-likeness (QED) is 0.492. The molecule has 0 saturated heterocycles. The van der Waals surface area contributed by atoms with Crippen molar-refractivity contribution in [1.82, 2.24) is 29.3 Å². The summed E-state index contributed by atoms with van der Waals surface area (Å²) >= 11 is 0. The van der Waals surface area contributed by atoms with Crippen LogP contribution in [-0.2, 0) is 6.54 Å². The zero-order valence-corrected chi connectivity index (χ0v) is 13.2. The molecular weight excluding hydrogens is 340 g/mol. The van der Waals surface area contributed by atoms with E-state index in [2.05, 4.69) is 20.1 Å². The minimum atomic E-state index is -1.13. The van der Waals surface area contributed by atoms with Crippen molar-refractivity contribution >= 4 is 17.1 Å². The number of H-pyrrole nitrogens is 1. The fourth-order valence-electron chi connectivity index (χ4n) is 2.60. The topological polar surface area (TPSA) is 139 Å². The molecule has 0 spiro atoms. The van der Waals surface area contributed by atoms with E-state index < -0.39 is 11.5 Å². The second-order valence-corrected chi connectivity index (χ2v) is 5.58. The Morgan fingerprint density at radius 2 is 2.15 bits per heavy atom. The molecule has 0 fully saturated rings. The van der Waals surface area contributed by atoms with E-state index in [4.69, 9.17) is 5.11 Å². The number of aromatic amines is 1. The Kier molecular flexibility index (Phi) is 3.50. The SMILES string of the molecule is O=C(O)c1cnn(-c2nc3ncn(Cc4cccc(O)c4)c3c(=O)[nH]2)c1. The van der Waals surface area contributed by atoms with Crippen LogP contribution < -0.4 is 5.56 Å². The number of hydrogen-bond acceptors (Lipinski definition) is 6. The number of fused-ring (bicyclic) bond motifs is 1. The fourth-order valence-corrected chi connectivity index (χ4v) is 2.60. The van der Waals surface area contributed by atoms with E-state index in [1.54, 1.807) is 22.8 Å². The lowest BCUT2D eigenvalue weighted by molar-refractivity contribution is 0.0697. The van der Waals surface area contributed by atoms with Gasteiger partial charge in [-0.2, -0.15) is 10.1 Å². The van der Waals surface area contributed by atoms with Gasteiger partial charge in [-0.1, -0.05) is 12.1 Å². The number of nitrogens with one attached hydrogen (secondary N) is 1. The van der Waals surface area contributed by atoms with Crippen molar-refractivity contribution < 1.29 is 15.0 Å². The van der Waals surface area contributed by atoms with Gasteiger partial charge in [0.2, 0.25) is 5.95 Å². The van der Waals surface area contributed by atoms with Gasteiger partial charge in [-0.05, 0) is 17.7 Å². The van der Waals surface area contributed by atoms with Crippen LogP contribution in [0.1, 0.15) is 15.9 Å². The first kappa shape index (κ1) is 15.6. The molecule has 0 amide bonds. The highest BCUT2D eigenvalue weighted by atomic mass is 16.4. The van der Waals surface area contributed by atoms with Crippen molar-refractivity contribution in [2.45, 2.75) is 6.54 Å². The number of aromatic carboxylic acids is 1. The molecule has 3 heterocycles. The smallest absolute Gasteiger partial charge is 0.338 e. The summed E-state index contributed by atoms with van der Waals surface area (Å²) in [5.41, 5.74) is 0.808. The van der Waals surface area contributed by atoms with E-state index in [1.165, 1.54) is 17.2 Å². The number of phenolic OH excluding ortho intramolecular Hbond substituents is 1. The number of imidazole rings is 1. The van der Waals surface area contributed by atoms with E-state index >= 15 is 0 Å². The van der Waals surface area contributed by atoms with Crippen LogP contribution in [0, 0.1) is 0 Å². The zero-order chi connectivity index (χ0) is 18.3. The lowest BCUT2D eigenvalue weighted by Crippen LogP contribution is -2.16. The van der Waals surface area contributed by atoms with Crippen LogP contribution in [0.5, 0.6) is 5.75 Å². The van der Waals surface area contributed by atoms with Gasteiger partial charge in [0.1, 0.15) is 5.75 Å². The normalized spacial score (nSPS) is 11.1. The van der Waals surface area contributed by atoms with Gasteiger partial charge in [-0.3, -0.25) is 9.78 Å². The number of carboxylic acids is 1. The highest BCUT2D eigenvalue weighted by Crippen LogP contribution is 2.14. The van der Waals surface area contributed by atoms with Gasteiger partial charge in [0, 0.05) is 12.7 Å². The van der Waals surface area contributed by atoms with Gasteiger partial charge >= 0.3 is 5.97 Å². The van der Waals surface area contributed by atoms with E-state index in [0.717, 1.165) is 11.8 Å². The average Bonchev–Trinajstić information content (AvgIpc) is 3.22. The number of rotatable bonds is 4. The molecule has 10 heteroatoms. The predicted octanol–water partition coefficient (Wildman–Crippen LogP) is 0.757. The molecule has 4 rings (SSSR count). The van der Waals surface area contributed by atoms with Crippen molar-refractivity contribution in [2.24, 2.45) is 0 Å². The number of carboxylic acid groups (broad SMARTS) is 1. The Bertz CT molecular complexity index is 1190. The van der Waals surface area contributed by atoms with E-state index in [9.17, 15) is 14.7 Å². The first-order valence-electron chi connectivity index (χ1n) is 7.52. The zero-order valence-electron chi connectivity index (χ0n) is 13.2. The lowest BCUT2D eigenvalue weighted by Gasteiger charge is -2.05. The number of benzene rings is 1. The summed E-state index contributed by atoms with van der Waals surface area (Å²) in [6, 6.07) is 6.69. The van der Waals surface area contributed by atoms with E-state index in [0.29, 0.717) is 6.54 Å². The number of aromatic hydroxyl groups is 1. The van der Waals surface area contributed by atoms with E-state index in [-0.39, 0.29) is 28.4 Å². The molecule has 0 radical (unpaired) electrons. The average molecular weight is 352 g/mol. The molecule has 0 unspecified atom stereocenters. The van der Waals surface area contributed by atoms with Crippen LogP contribution in [0.2, 0.25) is 0 Å².